The largest absolute Gasteiger partial charge is 0.493 e. The van der Waals surface area contributed by atoms with Crippen molar-refractivity contribution in [2.45, 2.75) is 58.5 Å². The van der Waals surface area contributed by atoms with Crippen molar-refractivity contribution in [3.63, 3.8) is 0 Å². The van der Waals surface area contributed by atoms with Crippen LogP contribution in [0.3, 0.4) is 0 Å². The predicted octanol–water partition coefficient (Wildman–Crippen LogP) is 4.57. The van der Waals surface area contributed by atoms with Crippen LogP contribution in [0.15, 0.2) is 18.2 Å². The number of carbonyl (C=O) groups excluding carboxylic acids is 1. The van der Waals surface area contributed by atoms with E-state index in [1.54, 1.807) is 14.2 Å². The summed E-state index contributed by atoms with van der Waals surface area (Å²) in [6.45, 7) is 4.73. The molecular formula is C25H34N4O3. The molecule has 0 unspecified atom stereocenters. The Bertz CT molecular complexity index is 1000. The monoisotopic (exact) mass is 438 g/mol. The summed E-state index contributed by atoms with van der Waals surface area (Å²) < 4.78 is 13.1. The molecule has 1 heterocycles. The van der Waals surface area contributed by atoms with Crippen LogP contribution in [0.2, 0.25) is 0 Å². The fourth-order valence-electron chi connectivity index (χ4n) is 4.72. The lowest BCUT2D eigenvalue weighted by atomic mass is 9.95. The number of para-hydroxylation sites is 1. The summed E-state index contributed by atoms with van der Waals surface area (Å²) in [4.78, 5) is 14.9. The molecule has 0 bridgehead atoms. The zero-order chi connectivity index (χ0) is 23.3. The van der Waals surface area contributed by atoms with Gasteiger partial charge in [0, 0.05) is 23.8 Å². The molecule has 1 aromatic carbocycles. The Kier molecular flexibility index (Phi) is 7.81. The van der Waals surface area contributed by atoms with Crippen LogP contribution in [0.5, 0.6) is 11.5 Å². The Morgan fingerprint density at radius 3 is 2.56 bits per heavy atom. The van der Waals surface area contributed by atoms with E-state index in [-0.39, 0.29) is 12.5 Å². The topological polar surface area (TPSA) is 79.5 Å². The second kappa shape index (κ2) is 10.6. The van der Waals surface area contributed by atoms with Crippen molar-refractivity contribution < 1.29 is 14.3 Å². The standard InChI is InChI=1S/C25H34N4O3/c1-17-18(2)29(20-11-7-6-8-12-20)25(21(17)14-26)27-23(30)16-28(3)15-19-10-9-13-22(31-4)24(19)32-5/h9-10,13,20H,6-8,11-12,15-16H2,1-5H3,(H,27,30). The molecule has 32 heavy (non-hydrogen) atoms. The Hall–Kier alpha value is -2.98. The van der Waals surface area contributed by atoms with Gasteiger partial charge in [-0.1, -0.05) is 31.4 Å². The van der Waals surface area contributed by atoms with Crippen LogP contribution >= 0.6 is 0 Å². The van der Waals surface area contributed by atoms with Crippen LogP contribution < -0.4 is 14.8 Å². The number of nitrogens with one attached hydrogen (secondary N) is 1. The highest BCUT2D eigenvalue weighted by Gasteiger charge is 2.26. The molecule has 0 aliphatic heterocycles. The Labute approximate surface area is 190 Å². The molecule has 7 nitrogen and oxygen atoms in total. The van der Waals surface area contributed by atoms with Gasteiger partial charge in [0.2, 0.25) is 5.91 Å². The lowest BCUT2D eigenvalue weighted by Gasteiger charge is -2.27. The van der Waals surface area contributed by atoms with Gasteiger partial charge in [0.25, 0.3) is 0 Å². The number of likely N-dealkylation sites (N-methyl/N-ethyl adjacent to an activating group) is 1. The van der Waals surface area contributed by atoms with Crippen LogP contribution in [0.25, 0.3) is 0 Å². The number of carbonyl (C=O) groups is 1. The highest BCUT2D eigenvalue weighted by Crippen LogP contribution is 2.37. The maximum absolute atomic E-state index is 13.0. The summed E-state index contributed by atoms with van der Waals surface area (Å²) in [5.74, 6) is 1.84. The van der Waals surface area contributed by atoms with Crippen molar-refractivity contribution in [3.8, 4) is 17.6 Å². The molecule has 1 aliphatic rings. The van der Waals surface area contributed by atoms with Crippen LogP contribution in [-0.2, 0) is 11.3 Å². The number of amides is 1. The predicted molar refractivity (Wildman–Crippen MR) is 125 cm³/mol. The van der Waals surface area contributed by atoms with E-state index in [1.807, 2.05) is 44.0 Å². The lowest BCUT2D eigenvalue weighted by Crippen LogP contribution is -2.31. The molecular weight excluding hydrogens is 404 g/mol. The van der Waals surface area contributed by atoms with Crippen LogP contribution in [0.1, 0.15) is 60.5 Å². The Morgan fingerprint density at radius 2 is 1.94 bits per heavy atom. The van der Waals surface area contributed by atoms with E-state index in [0.29, 0.717) is 35.5 Å². The van der Waals surface area contributed by atoms with Gasteiger partial charge < -0.3 is 19.4 Å². The normalized spacial score (nSPS) is 14.3. The Morgan fingerprint density at radius 1 is 1.22 bits per heavy atom. The van der Waals surface area contributed by atoms with Crippen LogP contribution in [0.4, 0.5) is 5.82 Å². The number of rotatable bonds is 8. The van der Waals surface area contributed by atoms with E-state index in [0.717, 1.165) is 29.7 Å². The van der Waals surface area contributed by atoms with Crippen LogP contribution in [0, 0.1) is 25.2 Å². The Balaban J connectivity index is 1.76. The fourth-order valence-corrected chi connectivity index (χ4v) is 4.72. The molecule has 3 rings (SSSR count). The van der Waals surface area contributed by atoms with E-state index < -0.39 is 0 Å². The molecule has 7 heteroatoms. The van der Waals surface area contributed by atoms with Gasteiger partial charge in [-0.2, -0.15) is 5.26 Å². The summed E-state index contributed by atoms with van der Waals surface area (Å²) in [6.07, 6.45) is 5.78. The van der Waals surface area contributed by atoms with Crippen molar-refractivity contribution >= 4 is 11.7 Å². The van der Waals surface area contributed by atoms with Gasteiger partial charge >= 0.3 is 0 Å². The van der Waals surface area contributed by atoms with Gasteiger partial charge in [-0.05, 0) is 45.4 Å². The molecule has 0 spiro atoms. The number of ether oxygens (including phenoxy) is 2. The quantitative estimate of drug-likeness (QED) is 0.653. The fraction of sp³-hybridized carbons (Fsp3) is 0.520. The van der Waals surface area contributed by atoms with Crippen molar-refractivity contribution in [1.29, 1.82) is 5.26 Å². The third-order valence-corrected chi connectivity index (χ3v) is 6.40. The molecule has 0 atom stereocenters. The first kappa shape index (κ1) is 23.7. The summed E-state index contributed by atoms with van der Waals surface area (Å²) >= 11 is 0. The van der Waals surface area contributed by atoms with Gasteiger partial charge in [-0.25, -0.2) is 0 Å². The smallest absolute Gasteiger partial charge is 0.239 e. The van der Waals surface area contributed by atoms with Gasteiger partial charge in [0.15, 0.2) is 11.5 Å². The SMILES string of the molecule is COc1cccc(CN(C)CC(=O)Nc2c(C#N)c(C)c(C)n2C2CCCCC2)c1OC. The minimum absolute atomic E-state index is 0.138. The maximum atomic E-state index is 13.0. The molecule has 2 aromatic rings. The minimum Gasteiger partial charge on any atom is -0.493 e. The van der Waals surface area contributed by atoms with E-state index in [4.69, 9.17) is 9.47 Å². The number of nitriles is 1. The summed E-state index contributed by atoms with van der Waals surface area (Å²) in [7, 11) is 5.11. The second-order valence-electron chi connectivity index (χ2n) is 8.58. The molecule has 1 fully saturated rings. The molecule has 0 radical (unpaired) electrons. The highest BCUT2D eigenvalue weighted by molar-refractivity contribution is 5.93. The maximum Gasteiger partial charge on any atom is 0.239 e. The number of methoxy groups -OCH3 is 2. The highest BCUT2D eigenvalue weighted by atomic mass is 16.5. The first-order chi connectivity index (χ1) is 15.4. The van der Waals surface area contributed by atoms with E-state index in [1.165, 1.54) is 19.3 Å². The van der Waals surface area contributed by atoms with Crippen molar-refractivity contribution in [1.82, 2.24) is 9.47 Å². The number of benzene rings is 1. The zero-order valence-corrected chi connectivity index (χ0v) is 19.8. The number of aromatic nitrogens is 1. The minimum atomic E-state index is -0.138. The number of hydrogen-bond acceptors (Lipinski definition) is 5. The lowest BCUT2D eigenvalue weighted by molar-refractivity contribution is -0.117. The van der Waals surface area contributed by atoms with Crippen LogP contribution in [-0.4, -0.2) is 43.2 Å². The summed E-state index contributed by atoms with van der Waals surface area (Å²) in [6, 6.07) is 8.36. The van der Waals surface area contributed by atoms with E-state index >= 15 is 0 Å². The number of hydrogen-bond donors (Lipinski definition) is 1. The molecule has 1 aromatic heterocycles. The van der Waals surface area contributed by atoms with Gasteiger partial charge in [-0.3, -0.25) is 9.69 Å². The van der Waals surface area contributed by atoms with E-state index in [2.05, 4.69) is 16.0 Å². The van der Waals surface area contributed by atoms with Crippen molar-refractivity contribution in [2.75, 3.05) is 33.1 Å². The molecule has 1 N–H and O–H groups in total. The summed E-state index contributed by atoms with van der Waals surface area (Å²) in [5.41, 5.74) is 3.52. The number of nitrogens with zero attached hydrogens (tertiary/aromatic N) is 3. The van der Waals surface area contributed by atoms with Gasteiger partial charge in [-0.15, -0.1) is 0 Å². The summed E-state index contributed by atoms with van der Waals surface area (Å²) in [5, 5.41) is 12.8. The van der Waals surface area contributed by atoms with Gasteiger partial charge in [0.05, 0.1) is 26.3 Å². The molecule has 1 amide bonds. The molecule has 172 valence electrons. The first-order valence-electron chi connectivity index (χ1n) is 11.2. The first-order valence-corrected chi connectivity index (χ1v) is 11.2. The second-order valence-corrected chi connectivity index (χ2v) is 8.58. The third kappa shape index (κ3) is 4.91. The zero-order valence-electron chi connectivity index (χ0n) is 19.8. The average Bonchev–Trinajstić information content (AvgIpc) is 3.02. The molecule has 1 saturated carbocycles. The van der Waals surface area contributed by atoms with Crippen molar-refractivity contribution in [2.24, 2.45) is 0 Å². The number of anilines is 1. The molecule has 1 aliphatic carbocycles. The van der Waals surface area contributed by atoms with Crippen molar-refractivity contribution in [3.05, 3.63) is 40.6 Å². The third-order valence-electron chi connectivity index (χ3n) is 6.40. The van der Waals surface area contributed by atoms with Gasteiger partial charge in [0.1, 0.15) is 11.9 Å². The molecule has 0 saturated heterocycles. The van der Waals surface area contributed by atoms with E-state index in [9.17, 15) is 10.1 Å². The average molecular weight is 439 g/mol.